The first kappa shape index (κ1) is 11.8. The van der Waals surface area contributed by atoms with Crippen LogP contribution in [0.3, 0.4) is 0 Å². The van der Waals surface area contributed by atoms with Crippen LogP contribution in [-0.4, -0.2) is 42.0 Å². The molecule has 1 saturated heterocycles. The van der Waals surface area contributed by atoms with Crippen molar-refractivity contribution in [1.29, 1.82) is 0 Å². The van der Waals surface area contributed by atoms with Crippen molar-refractivity contribution in [3.05, 3.63) is 0 Å². The van der Waals surface area contributed by atoms with Gasteiger partial charge in [-0.15, -0.1) is 11.6 Å². The molecule has 14 heavy (non-hydrogen) atoms. The molecule has 2 atom stereocenters. The highest BCUT2D eigenvalue weighted by atomic mass is 35.5. The second-order valence-electron chi connectivity index (χ2n) is 3.77. The van der Waals surface area contributed by atoms with Crippen LogP contribution in [0.1, 0.15) is 26.7 Å². The quantitative estimate of drug-likeness (QED) is 0.676. The van der Waals surface area contributed by atoms with Gasteiger partial charge >= 0.3 is 0 Å². The van der Waals surface area contributed by atoms with Crippen molar-refractivity contribution >= 4 is 17.5 Å². The fourth-order valence-electron chi connectivity index (χ4n) is 1.71. The first-order valence-corrected chi connectivity index (χ1v) is 5.70. The number of amides is 1. The number of hydrogen-bond donors (Lipinski definition) is 0. The number of carbonyl (C=O) groups is 1. The maximum Gasteiger partial charge on any atom is 0.222 e. The van der Waals surface area contributed by atoms with Crippen LogP contribution in [0.25, 0.3) is 0 Å². The average Bonchev–Trinajstić information content (AvgIpc) is 2.17. The second kappa shape index (κ2) is 5.56. The van der Waals surface area contributed by atoms with Crippen molar-refractivity contribution in [3.8, 4) is 0 Å². The molecule has 1 amide bonds. The van der Waals surface area contributed by atoms with Crippen LogP contribution in [0.4, 0.5) is 0 Å². The summed E-state index contributed by atoms with van der Waals surface area (Å²) in [6.07, 6.45) is 1.63. The number of ether oxygens (including phenoxy) is 1. The number of carbonyl (C=O) groups excluding carboxylic acids is 1. The molecule has 0 aromatic carbocycles. The zero-order chi connectivity index (χ0) is 10.6. The minimum atomic E-state index is 0.00113. The van der Waals surface area contributed by atoms with Gasteiger partial charge in [0.2, 0.25) is 5.91 Å². The van der Waals surface area contributed by atoms with Crippen molar-refractivity contribution in [2.75, 3.05) is 19.0 Å². The molecule has 3 nitrogen and oxygen atoms in total. The van der Waals surface area contributed by atoms with Crippen molar-refractivity contribution in [2.24, 2.45) is 0 Å². The second-order valence-corrected chi connectivity index (χ2v) is 4.08. The van der Waals surface area contributed by atoms with Gasteiger partial charge in [-0.25, -0.2) is 0 Å². The van der Waals surface area contributed by atoms with Gasteiger partial charge in [0.25, 0.3) is 0 Å². The topological polar surface area (TPSA) is 29.5 Å². The van der Waals surface area contributed by atoms with Crippen molar-refractivity contribution in [3.63, 3.8) is 0 Å². The van der Waals surface area contributed by atoms with Crippen LogP contribution >= 0.6 is 11.6 Å². The smallest absolute Gasteiger partial charge is 0.222 e. The predicted molar refractivity (Wildman–Crippen MR) is 56.5 cm³/mol. The van der Waals surface area contributed by atoms with Gasteiger partial charge in [0.1, 0.15) is 0 Å². The van der Waals surface area contributed by atoms with Crippen molar-refractivity contribution in [2.45, 2.75) is 38.9 Å². The van der Waals surface area contributed by atoms with Crippen LogP contribution in [0.2, 0.25) is 0 Å². The molecule has 0 radical (unpaired) electrons. The van der Waals surface area contributed by atoms with Crippen LogP contribution in [0.15, 0.2) is 0 Å². The molecule has 0 bridgehead atoms. The van der Waals surface area contributed by atoms with Crippen LogP contribution < -0.4 is 0 Å². The monoisotopic (exact) mass is 219 g/mol. The van der Waals surface area contributed by atoms with E-state index in [1.807, 2.05) is 18.7 Å². The Morgan fingerprint density at radius 1 is 1.57 bits per heavy atom. The number of halogens is 1. The lowest BCUT2D eigenvalue weighted by Crippen LogP contribution is -2.49. The minimum absolute atomic E-state index is 0.00113. The fourth-order valence-corrected chi connectivity index (χ4v) is 1.88. The molecule has 0 aromatic rings. The van der Waals surface area contributed by atoms with Crippen LogP contribution in [0.5, 0.6) is 0 Å². The molecule has 1 heterocycles. The highest BCUT2D eigenvalue weighted by Gasteiger charge is 2.27. The van der Waals surface area contributed by atoms with E-state index in [0.717, 1.165) is 6.42 Å². The summed E-state index contributed by atoms with van der Waals surface area (Å²) in [4.78, 5) is 13.5. The van der Waals surface area contributed by atoms with Crippen molar-refractivity contribution in [1.82, 2.24) is 4.90 Å². The molecule has 0 spiro atoms. The molecule has 4 heteroatoms. The van der Waals surface area contributed by atoms with Gasteiger partial charge < -0.3 is 9.64 Å². The van der Waals surface area contributed by atoms with Gasteiger partial charge in [-0.05, 0) is 13.3 Å². The highest BCUT2D eigenvalue weighted by Crippen LogP contribution is 2.13. The number of rotatable bonds is 3. The summed E-state index contributed by atoms with van der Waals surface area (Å²) in [5.74, 6) is 0.679. The zero-order valence-electron chi connectivity index (χ0n) is 8.83. The Bertz CT molecular complexity index is 199. The van der Waals surface area contributed by atoms with E-state index in [0.29, 0.717) is 25.4 Å². The largest absolute Gasteiger partial charge is 0.370 e. The molecule has 0 aliphatic carbocycles. The van der Waals surface area contributed by atoms with Gasteiger partial charge in [0.15, 0.2) is 0 Å². The Hall–Kier alpha value is -0.280. The first-order valence-electron chi connectivity index (χ1n) is 5.16. The summed E-state index contributed by atoms with van der Waals surface area (Å²) < 4.78 is 5.57. The molecule has 82 valence electrons. The van der Waals surface area contributed by atoms with Gasteiger partial charge in [-0.2, -0.15) is 0 Å². The van der Waals surface area contributed by atoms with Crippen molar-refractivity contribution < 1.29 is 9.53 Å². The molecule has 1 rings (SSSR count). The highest BCUT2D eigenvalue weighted by molar-refractivity contribution is 6.18. The lowest BCUT2D eigenvalue weighted by molar-refractivity contribution is -0.142. The molecule has 1 aliphatic heterocycles. The molecule has 2 unspecified atom stereocenters. The van der Waals surface area contributed by atoms with E-state index in [-0.39, 0.29) is 18.1 Å². The fraction of sp³-hybridized carbons (Fsp3) is 0.900. The summed E-state index contributed by atoms with van der Waals surface area (Å²) in [6.45, 7) is 5.34. The normalized spacial score (nSPS) is 27.8. The Balaban J connectivity index is 2.48. The number of morpholine rings is 1. The van der Waals surface area contributed by atoms with E-state index in [1.54, 1.807) is 0 Å². The minimum Gasteiger partial charge on any atom is -0.370 e. The standard InChI is InChI=1S/C10H18ClNO2/c1-3-4-10(13)12-6-8(2)14-9(5-11)7-12/h8-9H,3-7H2,1-2H3. The van der Waals surface area contributed by atoms with E-state index >= 15 is 0 Å². The third-order valence-electron chi connectivity index (χ3n) is 2.31. The lowest BCUT2D eigenvalue weighted by Gasteiger charge is -2.36. The lowest BCUT2D eigenvalue weighted by atomic mass is 10.2. The van der Waals surface area contributed by atoms with Gasteiger partial charge in [-0.1, -0.05) is 6.92 Å². The molecular weight excluding hydrogens is 202 g/mol. The summed E-state index contributed by atoms with van der Waals surface area (Å²) in [7, 11) is 0. The number of alkyl halides is 1. The summed E-state index contributed by atoms with van der Waals surface area (Å²) in [6, 6.07) is 0. The van der Waals surface area contributed by atoms with Crippen LogP contribution in [-0.2, 0) is 9.53 Å². The van der Waals surface area contributed by atoms with E-state index in [2.05, 4.69) is 0 Å². The summed E-state index contributed by atoms with van der Waals surface area (Å²) >= 11 is 5.73. The van der Waals surface area contributed by atoms with Gasteiger partial charge in [0, 0.05) is 19.5 Å². The number of nitrogens with zero attached hydrogens (tertiary/aromatic N) is 1. The Labute approximate surface area is 90.4 Å². The van der Waals surface area contributed by atoms with E-state index in [1.165, 1.54) is 0 Å². The van der Waals surface area contributed by atoms with Gasteiger partial charge in [-0.3, -0.25) is 4.79 Å². The molecule has 0 saturated carbocycles. The molecule has 1 aliphatic rings. The molecular formula is C10H18ClNO2. The first-order chi connectivity index (χ1) is 6.67. The maximum atomic E-state index is 11.6. The third kappa shape index (κ3) is 3.14. The third-order valence-corrected chi connectivity index (χ3v) is 2.66. The number of hydrogen-bond acceptors (Lipinski definition) is 2. The Kier molecular flexibility index (Phi) is 4.69. The molecule has 0 N–H and O–H groups in total. The Morgan fingerprint density at radius 3 is 2.86 bits per heavy atom. The predicted octanol–water partition coefficient (Wildman–Crippen LogP) is 1.64. The van der Waals surface area contributed by atoms with E-state index in [4.69, 9.17) is 16.3 Å². The average molecular weight is 220 g/mol. The molecule has 1 fully saturated rings. The van der Waals surface area contributed by atoms with Gasteiger partial charge in [0.05, 0.1) is 18.1 Å². The van der Waals surface area contributed by atoms with Crippen LogP contribution in [0, 0.1) is 0 Å². The zero-order valence-corrected chi connectivity index (χ0v) is 9.59. The maximum absolute atomic E-state index is 11.6. The Morgan fingerprint density at radius 2 is 2.29 bits per heavy atom. The molecule has 0 aromatic heterocycles. The van der Waals surface area contributed by atoms with E-state index < -0.39 is 0 Å². The SMILES string of the molecule is CCCC(=O)N1CC(C)OC(CCl)C1. The van der Waals surface area contributed by atoms with E-state index in [9.17, 15) is 4.79 Å². The summed E-state index contributed by atoms with van der Waals surface area (Å²) in [5.41, 5.74) is 0. The summed E-state index contributed by atoms with van der Waals surface area (Å²) in [5, 5.41) is 0.